The van der Waals surface area contributed by atoms with Gasteiger partial charge in [0.2, 0.25) is 0 Å². The predicted octanol–water partition coefficient (Wildman–Crippen LogP) is 6.41. The number of pyridine rings is 1. The fourth-order valence-electron chi connectivity index (χ4n) is 3.58. The average molecular weight is 525 g/mol. The average Bonchev–Trinajstić information content (AvgIpc) is 2.92. The molecule has 0 aliphatic rings. The molecule has 0 saturated heterocycles. The Morgan fingerprint density at radius 2 is 1.31 bits per heavy atom. The van der Waals surface area contributed by atoms with Crippen LogP contribution >= 0.6 is 0 Å². The van der Waals surface area contributed by atoms with Crippen molar-refractivity contribution in [2.24, 2.45) is 0 Å². The van der Waals surface area contributed by atoms with E-state index in [0.717, 1.165) is 11.1 Å². The molecule has 1 heterocycles. The molecule has 0 fully saturated rings. The number of hydrogen-bond acceptors (Lipinski definition) is 5. The minimum absolute atomic E-state index is 0.337. The molecular formula is C31H32N4O4. The fourth-order valence-corrected chi connectivity index (χ4v) is 3.58. The molecule has 0 saturated carbocycles. The minimum Gasteiger partial charge on any atom is -0.489 e. The van der Waals surface area contributed by atoms with E-state index in [2.05, 4.69) is 20.9 Å². The van der Waals surface area contributed by atoms with Gasteiger partial charge in [0.05, 0.1) is 11.9 Å². The standard InChI is InChI=1S/C31H32N4O4/c1-31(2,3)35-30(37)33-25-14-15-28(32-19-25)34-29(36)24-16-26(38-20-22-10-6-4-7-11-22)18-27(17-24)39-21-23-12-8-5-9-13-23/h4-19H,20-21H2,1-3H3,(H,32,34,36)(H2,33,35,37). The van der Waals surface area contributed by atoms with E-state index >= 15 is 0 Å². The molecule has 3 aromatic carbocycles. The van der Waals surface area contributed by atoms with Crippen LogP contribution in [0.15, 0.2) is 97.2 Å². The lowest BCUT2D eigenvalue weighted by atomic mass is 10.1. The third-order valence-electron chi connectivity index (χ3n) is 5.39. The Morgan fingerprint density at radius 1 is 0.744 bits per heavy atom. The van der Waals surface area contributed by atoms with Crippen molar-refractivity contribution in [2.45, 2.75) is 39.5 Å². The monoisotopic (exact) mass is 524 g/mol. The third kappa shape index (κ3) is 8.89. The summed E-state index contributed by atoms with van der Waals surface area (Å²) in [6.45, 7) is 6.38. The molecule has 8 nitrogen and oxygen atoms in total. The van der Waals surface area contributed by atoms with E-state index in [1.807, 2.05) is 81.4 Å². The van der Waals surface area contributed by atoms with E-state index in [1.54, 1.807) is 30.3 Å². The second kappa shape index (κ2) is 12.6. The number of urea groups is 1. The first-order chi connectivity index (χ1) is 18.7. The van der Waals surface area contributed by atoms with Crippen molar-refractivity contribution in [1.29, 1.82) is 0 Å². The number of amides is 3. The van der Waals surface area contributed by atoms with Gasteiger partial charge in [0.25, 0.3) is 5.91 Å². The Labute approximate surface area is 228 Å². The van der Waals surface area contributed by atoms with Gasteiger partial charge in [-0.15, -0.1) is 0 Å². The largest absolute Gasteiger partial charge is 0.489 e. The predicted molar refractivity (Wildman–Crippen MR) is 152 cm³/mol. The first-order valence-electron chi connectivity index (χ1n) is 12.6. The van der Waals surface area contributed by atoms with Crippen LogP contribution in [-0.4, -0.2) is 22.5 Å². The molecule has 3 amide bonds. The number of rotatable bonds is 9. The highest BCUT2D eigenvalue weighted by atomic mass is 16.5. The van der Waals surface area contributed by atoms with Crippen molar-refractivity contribution in [2.75, 3.05) is 10.6 Å². The summed E-state index contributed by atoms with van der Waals surface area (Å²) < 4.78 is 12.0. The van der Waals surface area contributed by atoms with Gasteiger partial charge in [0, 0.05) is 17.2 Å². The fraction of sp³-hybridized carbons (Fsp3) is 0.194. The summed E-state index contributed by atoms with van der Waals surface area (Å²) in [5.41, 5.74) is 2.51. The van der Waals surface area contributed by atoms with Crippen molar-refractivity contribution >= 4 is 23.4 Å². The highest BCUT2D eigenvalue weighted by Gasteiger charge is 2.15. The molecule has 4 rings (SSSR count). The first-order valence-corrected chi connectivity index (χ1v) is 12.6. The van der Waals surface area contributed by atoms with Crippen LogP contribution in [0.3, 0.4) is 0 Å². The molecule has 200 valence electrons. The number of nitrogens with one attached hydrogen (secondary N) is 3. The minimum atomic E-state index is -0.372. The lowest BCUT2D eigenvalue weighted by Gasteiger charge is -2.20. The maximum absolute atomic E-state index is 13.1. The van der Waals surface area contributed by atoms with Gasteiger partial charge in [-0.05, 0) is 56.2 Å². The Kier molecular flexibility index (Phi) is 8.78. The molecular weight excluding hydrogens is 492 g/mol. The number of anilines is 2. The van der Waals surface area contributed by atoms with E-state index in [1.165, 1.54) is 6.20 Å². The zero-order chi connectivity index (χ0) is 27.7. The second-order valence-corrected chi connectivity index (χ2v) is 9.96. The van der Waals surface area contributed by atoms with Gasteiger partial charge in [-0.2, -0.15) is 0 Å². The molecule has 0 bridgehead atoms. The summed E-state index contributed by atoms with van der Waals surface area (Å²) in [4.78, 5) is 29.5. The Morgan fingerprint density at radius 3 is 1.79 bits per heavy atom. The molecule has 39 heavy (non-hydrogen) atoms. The summed E-state index contributed by atoms with van der Waals surface area (Å²) in [5.74, 6) is 0.978. The number of hydrogen-bond donors (Lipinski definition) is 3. The molecule has 0 atom stereocenters. The van der Waals surface area contributed by atoms with E-state index in [9.17, 15) is 9.59 Å². The van der Waals surface area contributed by atoms with Gasteiger partial charge in [0.1, 0.15) is 30.5 Å². The maximum atomic E-state index is 13.1. The van der Waals surface area contributed by atoms with E-state index in [0.29, 0.717) is 41.8 Å². The molecule has 4 aromatic rings. The molecule has 3 N–H and O–H groups in total. The quantitative estimate of drug-likeness (QED) is 0.235. The lowest BCUT2D eigenvalue weighted by molar-refractivity contribution is 0.102. The van der Waals surface area contributed by atoms with Crippen LogP contribution in [0.1, 0.15) is 42.3 Å². The molecule has 0 spiro atoms. The van der Waals surface area contributed by atoms with Crippen molar-refractivity contribution in [1.82, 2.24) is 10.3 Å². The number of carbonyl (C=O) groups is 2. The number of ether oxygens (including phenoxy) is 2. The zero-order valence-electron chi connectivity index (χ0n) is 22.2. The number of benzene rings is 3. The summed E-state index contributed by atoms with van der Waals surface area (Å²) in [6.07, 6.45) is 1.48. The topological polar surface area (TPSA) is 102 Å². The van der Waals surface area contributed by atoms with E-state index in [-0.39, 0.29) is 17.5 Å². The van der Waals surface area contributed by atoms with Crippen LogP contribution in [0, 0.1) is 0 Å². The third-order valence-corrected chi connectivity index (χ3v) is 5.39. The maximum Gasteiger partial charge on any atom is 0.319 e. The van der Waals surface area contributed by atoms with Gasteiger partial charge in [-0.25, -0.2) is 9.78 Å². The molecule has 0 aliphatic carbocycles. The summed E-state index contributed by atoms with van der Waals surface area (Å²) in [6, 6.07) is 27.6. The highest BCUT2D eigenvalue weighted by molar-refractivity contribution is 6.04. The van der Waals surface area contributed by atoms with E-state index in [4.69, 9.17) is 9.47 Å². The highest BCUT2D eigenvalue weighted by Crippen LogP contribution is 2.26. The lowest BCUT2D eigenvalue weighted by Crippen LogP contribution is -2.43. The van der Waals surface area contributed by atoms with E-state index < -0.39 is 0 Å². The van der Waals surface area contributed by atoms with Crippen LogP contribution in [0.4, 0.5) is 16.3 Å². The van der Waals surface area contributed by atoms with Crippen molar-refractivity contribution in [3.05, 3.63) is 114 Å². The van der Waals surface area contributed by atoms with Crippen LogP contribution < -0.4 is 25.4 Å². The Balaban J connectivity index is 1.46. The summed E-state index contributed by atoms with van der Waals surface area (Å²) in [5, 5.41) is 8.33. The van der Waals surface area contributed by atoms with Gasteiger partial charge in [0.15, 0.2) is 0 Å². The van der Waals surface area contributed by atoms with Gasteiger partial charge in [-0.3, -0.25) is 4.79 Å². The van der Waals surface area contributed by atoms with Crippen LogP contribution in [0.5, 0.6) is 11.5 Å². The molecule has 0 radical (unpaired) electrons. The van der Waals surface area contributed by atoms with Gasteiger partial charge >= 0.3 is 6.03 Å². The molecule has 0 unspecified atom stereocenters. The van der Waals surface area contributed by atoms with Gasteiger partial charge < -0.3 is 25.4 Å². The molecule has 1 aromatic heterocycles. The Bertz CT molecular complexity index is 1320. The van der Waals surface area contributed by atoms with Crippen molar-refractivity contribution in [3.63, 3.8) is 0 Å². The van der Waals surface area contributed by atoms with Crippen LogP contribution in [-0.2, 0) is 13.2 Å². The smallest absolute Gasteiger partial charge is 0.319 e. The number of aromatic nitrogens is 1. The van der Waals surface area contributed by atoms with Crippen LogP contribution in [0.2, 0.25) is 0 Å². The molecule has 0 aliphatic heterocycles. The number of carbonyl (C=O) groups excluding carboxylic acids is 2. The SMILES string of the molecule is CC(C)(C)NC(=O)Nc1ccc(NC(=O)c2cc(OCc3ccccc3)cc(OCc3ccccc3)c2)nc1. The Hall–Kier alpha value is -4.85. The first kappa shape index (κ1) is 27.2. The summed E-state index contributed by atoms with van der Waals surface area (Å²) >= 11 is 0. The zero-order valence-corrected chi connectivity index (χ0v) is 22.2. The second-order valence-electron chi connectivity index (χ2n) is 9.96. The van der Waals surface area contributed by atoms with Crippen molar-refractivity contribution in [3.8, 4) is 11.5 Å². The number of nitrogens with zero attached hydrogens (tertiary/aromatic N) is 1. The van der Waals surface area contributed by atoms with Crippen molar-refractivity contribution < 1.29 is 19.1 Å². The van der Waals surface area contributed by atoms with Gasteiger partial charge in [-0.1, -0.05) is 60.7 Å². The molecule has 8 heteroatoms. The van der Waals surface area contributed by atoms with Crippen LogP contribution in [0.25, 0.3) is 0 Å². The normalized spacial score (nSPS) is 10.8. The summed E-state index contributed by atoms with van der Waals surface area (Å²) in [7, 11) is 0.